The molecule has 0 fully saturated rings. The normalized spacial score (nSPS) is 12.7. The van der Waals surface area contributed by atoms with Gasteiger partial charge in [0.2, 0.25) is 0 Å². The van der Waals surface area contributed by atoms with E-state index >= 15 is 0 Å². The number of carbonyl (C=O) groups is 1. The largest absolute Gasteiger partial charge is 0.468 e. The van der Waals surface area contributed by atoms with Crippen LogP contribution >= 0.6 is 11.8 Å². The fourth-order valence-electron chi connectivity index (χ4n) is 1.64. The lowest BCUT2D eigenvalue weighted by molar-refractivity contribution is -0.143. The second kappa shape index (κ2) is 7.34. The average molecular weight is 288 g/mol. The number of rotatable bonds is 7. The number of hydrogen-bond donors (Lipinski definition) is 2. The van der Waals surface area contributed by atoms with Gasteiger partial charge in [0.15, 0.2) is 5.16 Å². The van der Waals surface area contributed by atoms with Crippen LogP contribution in [0.5, 0.6) is 0 Å². The number of hydrogen-bond acceptors (Lipinski definition) is 6. The second-order valence-corrected chi connectivity index (χ2v) is 5.34. The molecule has 0 aromatic carbocycles. The highest BCUT2D eigenvalue weighted by atomic mass is 32.2. The topological polar surface area (TPSA) is 89.0 Å². The number of nitrogens with zero attached hydrogens (tertiary/aromatic N) is 2. The number of esters is 1. The van der Waals surface area contributed by atoms with Crippen LogP contribution in [0, 0.1) is 0 Å². The number of aromatic nitrogens is 3. The minimum atomic E-state index is -0.337. The lowest BCUT2D eigenvalue weighted by atomic mass is 10.2. The van der Waals surface area contributed by atoms with Gasteiger partial charge in [-0.1, -0.05) is 11.8 Å². The predicted octanol–water partition coefficient (Wildman–Crippen LogP) is 0.396. The Bertz CT molecular complexity index is 469. The Balaban J connectivity index is 2.58. The van der Waals surface area contributed by atoms with Crippen molar-refractivity contribution in [1.82, 2.24) is 20.1 Å². The van der Waals surface area contributed by atoms with Crippen molar-refractivity contribution in [3.8, 4) is 0 Å². The van der Waals surface area contributed by atoms with Crippen molar-refractivity contribution in [1.29, 1.82) is 0 Å². The molecule has 0 saturated carbocycles. The van der Waals surface area contributed by atoms with Crippen LogP contribution < -0.4 is 11.0 Å². The number of ether oxygens (including phenoxy) is 1. The summed E-state index contributed by atoms with van der Waals surface area (Å²) in [6, 6.07) is -0.287. The lowest BCUT2D eigenvalue weighted by Gasteiger charge is -2.13. The Hall–Kier alpha value is -1.28. The van der Waals surface area contributed by atoms with E-state index in [9.17, 15) is 9.59 Å². The molecule has 1 aromatic heterocycles. The van der Waals surface area contributed by atoms with Crippen molar-refractivity contribution in [2.75, 3.05) is 19.9 Å². The smallest absolute Gasteiger partial charge is 0.344 e. The molecular formula is C11H20N4O3S. The highest BCUT2D eigenvalue weighted by molar-refractivity contribution is 7.99. The van der Waals surface area contributed by atoms with E-state index in [0.717, 1.165) is 0 Å². The van der Waals surface area contributed by atoms with Gasteiger partial charge in [0.1, 0.15) is 6.04 Å². The molecule has 0 saturated heterocycles. The zero-order valence-electron chi connectivity index (χ0n) is 11.6. The number of carbonyl (C=O) groups excluding carboxylic acids is 1. The number of aromatic amines is 1. The van der Waals surface area contributed by atoms with Crippen molar-refractivity contribution >= 4 is 17.7 Å². The van der Waals surface area contributed by atoms with Crippen molar-refractivity contribution in [2.24, 2.45) is 0 Å². The molecule has 8 heteroatoms. The van der Waals surface area contributed by atoms with Crippen LogP contribution in [-0.4, -0.2) is 46.7 Å². The first-order valence-corrected chi connectivity index (χ1v) is 7.04. The highest BCUT2D eigenvalue weighted by Crippen LogP contribution is 2.18. The quantitative estimate of drug-likeness (QED) is 0.557. The van der Waals surface area contributed by atoms with Gasteiger partial charge >= 0.3 is 11.7 Å². The van der Waals surface area contributed by atoms with Gasteiger partial charge in [-0.15, -0.1) is 5.10 Å². The summed E-state index contributed by atoms with van der Waals surface area (Å²) in [6.45, 7) is 3.84. The third-order valence-electron chi connectivity index (χ3n) is 2.66. The van der Waals surface area contributed by atoms with Gasteiger partial charge in [0.05, 0.1) is 7.11 Å². The number of methoxy groups -OCH3 is 1. The van der Waals surface area contributed by atoms with Gasteiger partial charge in [-0.2, -0.15) is 0 Å². The van der Waals surface area contributed by atoms with E-state index < -0.39 is 0 Å². The molecule has 0 bridgehead atoms. The van der Waals surface area contributed by atoms with E-state index in [1.807, 2.05) is 13.8 Å². The number of H-pyrrole nitrogens is 1. The highest BCUT2D eigenvalue weighted by Gasteiger charge is 2.18. The van der Waals surface area contributed by atoms with Crippen LogP contribution in [0.1, 0.15) is 26.3 Å². The summed E-state index contributed by atoms with van der Waals surface area (Å²) >= 11 is 1.44. The van der Waals surface area contributed by atoms with E-state index in [1.165, 1.54) is 18.9 Å². The van der Waals surface area contributed by atoms with Gasteiger partial charge in [-0.25, -0.2) is 9.89 Å². The molecule has 1 unspecified atom stereocenters. The number of nitrogens with one attached hydrogen (secondary N) is 2. The third-order valence-corrected chi connectivity index (χ3v) is 3.65. The Morgan fingerprint density at radius 3 is 2.79 bits per heavy atom. The van der Waals surface area contributed by atoms with Crippen LogP contribution in [0.15, 0.2) is 9.95 Å². The Morgan fingerprint density at radius 2 is 2.26 bits per heavy atom. The summed E-state index contributed by atoms with van der Waals surface area (Å²) in [5, 5.41) is 9.95. The maximum Gasteiger partial charge on any atom is 0.344 e. The Morgan fingerprint density at radius 1 is 1.58 bits per heavy atom. The van der Waals surface area contributed by atoms with E-state index in [2.05, 4.69) is 20.3 Å². The molecule has 0 aliphatic carbocycles. The SMILES string of the molecule is CNC(CCSc1n[nH]c(=O)n1C(C)C)C(=O)OC. The molecule has 1 aromatic rings. The van der Waals surface area contributed by atoms with Gasteiger partial charge in [0, 0.05) is 11.8 Å². The summed E-state index contributed by atoms with van der Waals surface area (Å²) in [6.07, 6.45) is 0.604. The van der Waals surface area contributed by atoms with Gasteiger partial charge in [0.25, 0.3) is 0 Å². The van der Waals surface area contributed by atoms with Gasteiger partial charge in [-0.05, 0) is 27.3 Å². The first-order valence-electron chi connectivity index (χ1n) is 6.06. The fourth-order valence-corrected chi connectivity index (χ4v) is 2.72. The first kappa shape index (κ1) is 15.8. The molecule has 0 aliphatic heterocycles. The Labute approximate surface area is 116 Å². The minimum Gasteiger partial charge on any atom is -0.468 e. The van der Waals surface area contributed by atoms with Gasteiger partial charge in [-0.3, -0.25) is 9.36 Å². The molecule has 7 nitrogen and oxygen atoms in total. The summed E-state index contributed by atoms with van der Waals surface area (Å²) in [5.41, 5.74) is -0.212. The third kappa shape index (κ3) is 4.10. The molecule has 108 valence electrons. The maximum absolute atomic E-state index is 11.5. The standard InChI is InChI=1S/C11H20N4O3S/c1-7(2)15-10(17)13-14-11(15)19-6-5-8(12-3)9(16)18-4/h7-8,12H,5-6H2,1-4H3,(H,13,17). The van der Waals surface area contributed by atoms with Crippen LogP contribution in [0.3, 0.4) is 0 Å². The van der Waals surface area contributed by atoms with Crippen molar-refractivity contribution in [3.63, 3.8) is 0 Å². The number of likely N-dealkylation sites (N-methyl/N-ethyl adjacent to an activating group) is 1. The predicted molar refractivity (Wildman–Crippen MR) is 73.4 cm³/mol. The van der Waals surface area contributed by atoms with Crippen LogP contribution in [-0.2, 0) is 9.53 Å². The van der Waals surface area contributed by atoms with Crippen molar-refractivity contribution in [2.45, 2.75) is 37.5 Å². The summed E-state index contributed by atoms with van der Waals surface area (Å²) < 4.78 is 6.28. The number of thioether (sulfide) groups is 1. The molecule has 19 heavy (non-hydrogen) atoms. The monoisotopic (exact) mass is 288 g/mol. The van der Waals surface area contributed by atoms with E-state index in [-0.39, 0.29) is 23.7 Å². The van der Waals surface area contributed by atoms with Crippen LogP contribution in [0.4, 0.5) is 0 Å². The molecule has 1 rings (SSSR count). The molecule has 0 amide bonds. The van der Waals surface area contributed by atoms with Gasteiger partial charge < -0.3 is 10.1 Å². The molecule has 0 radical (unpaired) electrons. The minimum absolute atomic E-state index is 0.0504. The zero-order chi connectivity index (χ0) is 14.4. The zero-order valence-corrected chi connectivity index (χ0v) is 12.4. The average Bonchev–Trinajstić information content (AvgIpc) is 2.75. The van der Waals surface area contributed by atoms with E-state index in [0.29, 0.717) is 17.3 Å². The molecular weight excluding hydrogens is 268 g/mol. The molecule has 0 spiro atoms. The summed E-state index contributed by atoms with van der Waals surface area (Å²) in [4.78, 5) is 22.9. The Kier molecular flexibility index (Phi) is 6.10. The van der Waals surface area contributed by atoms with E-state index in [1.54, 1.807) is 11.6 Å². The molecule has 1 atom stereocenters. The fraction of sp³-hybridized carbons (Fsp3) is 0.727. The second-order valence-electron chi connectivity index (χ2n) is 4.28. The van der Waals surface area contributed by atoms with Crippen molar-refractivity contribution < 1.29 is 9.53 Å². The molecule has 1 heterocycles. The lowest BCUT2D eigenvalue weighted by Crippen LogP contribution is -2.35. The van der Waals surface area contributed by atoms with Crippen molar-refractivity contribution in [3.05, 3.63) is 10.5 Å². The van der Waals surface area contributed by atoms with Crippen LogP contribution in [0.2, 0.25) is 0 Å². The maximum atomic E-state index is 11.5. The summed E-state index contributed by atoms with van der Waals surface area (Å²) in [7, 11) is 3.08. The first-order chi connectivity index (χ1) is 9.01. The van der Waals surface area contributed by atoms with E-state index in [4.69, 9.17) is 0 Å². The van der Waals surface area contributed by atoms with Crippen LogP contribution in [0.25, 0.3) is 0 Å². The molecule has 2 N–H and O–H groups in total. The molecule has 0 aliphatic rings. The summed E-state index contributed by atoms with van der Waals surface area (Å²) in [5.74, 6) is 0.379.